The quantitative estimate of drug-likeness (QED) is 0.848. The fourth-order valence-corrected chi connectivity index (χ4v) is 2.46. The standard InChI is InChI=1S/C16H25BN2O4/c1-14(2,3)19(13(20)21)12-8-11(9-18-10-12)17-22-15(4,5)16(6,7)23-17/h8-10H,1-7H3,(H,20,21). The summed E-state index contributed by atoms with van der Waals surface area (Å²) < 4.78 is 12.0. The minimum Gasteiger partial charge on any atom is -0.465 e. The average Bonchev–Trinajstić information content (AvgIpc) is 2.56. The molecule has 6 nitrogen and oxygen atoms in total. The molecule has 1 saturated heterocycles. The van der Waals surface area contributed by atoms with Crippen LogP contribution in [-0.4, -0.2) is 40.0 Å². The lowest BCUT2D eigenvalue weighted by Gasteiger charge is -2.33. The lowest BCUT2D eigenvalue weighted by atomic mass is 9.80. The zero-order chi connectivity index (χ0) is 17.6. The molecule has 0 spiro atoms. The Labute approximate surface area is 137 Å². The molecule has 1 aromatic rings. The summed E-state index contributed by atoms with van der Waals surface area (Å²) >= 11 is 0. The highest BCUT2D eigenvalue weighted by Gasteiger charge is 2.52. The van der Waals surface area contributed by atoms with Crippen molar-refractivity contribution in [3.05, 3.63) is 18.5 Å². The van der Waals surface area contributed by atoms with Crippen molar-refractivity contribution >= 4 is 24.4 Å². The van der Waals surface area contributed by atoms with Gasteiger partial charge in [-0.25, -0.2) is 4.79 Å². The van der Waals surface area contributed by atoms with E-state index < -0.39 is 30.0 Å². The lowest BCUT2D eigenvalue weighted by Crippen LogP contribution is -2.46. The molecule has 0 bridgehead atoms. The van der Waals surface area contributed by atoms with Gasteiger partial charge in [0.1, 0.15) is 0 Å². The molecule has 126 valence electrons. The van der Waals surface area contributed by atoms with E-state index in [0.717, 1.165) is 0 Å². The molecule has 1 aromatic heterocycles. The van der Waals surface area contributed by atoms with Crippen LogP contribution in [0.4, 0.5) is 10.5 Å². The number of aromatic nitrogens is 1. The number of rotatable bonds is 2. The first kappa shape index (κ1) is 17.8. The van der Waals surface area contributed by atoms with Crippen LogP contribution in [0.1, 0.15) is 48.5 Å². The molecule has 2 heterocycles. The average molecular weight is 320 g/mol. The summed E-state index contributed by atoms with van der Waals surface area (Å²) in [6, 6.07) is 1.76. The topological polar surface area (TPSA) is 71.9 Å². The third-order valence-electron chi connectivity index (χ3n) is 4.39. The van der Waals surface area contributed by atoms with Crippen molar-refractivity contribution in [2.24, 2.45) is 0 Å². The van der Waals surface area contributed by atoms with E-state index in [-0.39, 0.29) is 0 Å². The Bertz CT molecular complexity index is 594. The molecule has 2 rings (SSSR count). The Morgan fingerprint density at radius 3 is 2.13 bits per heavy atom. The van der Waals surface area contributed by atoms with Gasteiger partial charge in [-0.1, -0.05) is 0 Å². The number of hydrogen-bond acceptors (Lipinski definition) is 4. The smallest absolute Gasteiger partial charge is 0.465 e. The van der Waals surface area contributed by atoms with Gasteiger partial charge in [0, 0.05) is 17.2 Å². The van der Waals surface area contributed by atoms with Gasteiger partial charge in [0.2, 0.25) is 0 Å². The number of amides is 1. The van der Waals surface area contributed by atoms with Crippen LogP contribution in [0.15, 0.2) is 18.5 Å². The first-order valence-electron chi connectivity index (χ1n) is 7.69. The minimum atomic E-state index is -1.02. The van der Waals surface area contributed by atoms with E-state index in [0.29, 0.717) is 11.2 Å². The third kappa shape index (κ3) is 3.35. The summed E-state index contributed by atoms with van der Waals surface area (Å²) in [6.45, 7) is 13.4. The molecule has 0 aliphatic carbocycles. The molecule has 0 atom stereocenters. The predicted molar refractivity (Wildman–Crippen MR) is 90.2 cm³/mol. The molecule has 1 aliphatic rings. The van der Waals surface area contributed by atoms with E-state index >= 15 is 0 Å². The monoisotopic (exact) mass is 320 g/mol. The van der Waals surface area contributed by atoms with Gasteiger partial charge in [-0.3, -0.25) is 9.88 Å². The maximum absolute atomic E-state index is 11.6. The molecule has 0 aromatic carbocycles. The molecule has 1 aliphatic heterocycles. The molecule has 0 radical (unpaired) electrons. The fraction of sp³-hybridized carbons (Fsp3) is 0.625. The lowest BCUT2D eigenvalue weighted by molar-refractivity contribution is 0.00578. The molecule has 0 saturated carbocycles. The normalized spacial score (nSPS) is 19.7. The van der Waals surface area contributed by atoms with Crippen molar-refractivity contribution in [3.8, 4) is 0 Å². The number of pyridine rings is 1. The molecule has 1 fully saturated rings. The second kappa shape index (κ2) is 5.49. The van der Waals surface area contributed by atoms with Crippen molar-refractivity contribution in [2.45, 2.75) is 65.2 Å². The Morgan fingerprint density at radius 1 is 1.17 bits per heavy atom. The summed E-state index contributed by atoms with van der Waals surface area (Å²) in [5.41, 5.74) is -0.287. The van der Waals surface area contributed by atoms with E-state index in [1.165, 1.54) is 11.1 Å². The van der Waals surface area contributed by atoms with E-state index in [2.05, 4.69) is 4.98 Å². The van der Waals surface area contributed by atoms with E-state index in [9.17, 15) is 9.90 Å². The molecule has 1 N–H and O–H groups in total. The van der Waals surface area contributed by atoms with Crippen LogP contribution in [0.25, 0.3) is 0 Å². The molecule has 23 heavy (non-hydrogen) atoms. The van der Waals surface area contributed by atoms with Crippen molar-refractivity contribution in [1.82, 2.24) is 4.98 Å². The SMILES string of the molecule is CC(C)(C)N(C(=O)O)c1cncc(B2OC(C)(C)C(C)(C)O2)c1. The van der Waals surface area contributed by atoms with Crippen molar-refractivity contribution in [3.63, 3.8) is 0 Å². The number of carbonyl (C=O) groups is 1. The zero-order valence-corrected chi connectivity index (χ0v) is 14.9. The van der Waals surface area contributed by atoms with Crippen LogP contribution in [-0.2, 0) is 9.31 Å². The Hall–Kier alpha value is -1.60. The molecule has 7 heteroatoms. The van der Waals surface area contributed by atoms with Gasteiger partial charge in [0.25, 0.3) is 0 Å². The Kier molecular flexibility index (Phi) is 4.24. The van der Waals surface area contributed by atoms with Gasteiger partial charge in [0.05, 0.1) is 23.1 Å². The summed E-state index contributed by atoms with van der Waals surface area (Å²) in [7, 11) is -0.567. The second-order valence-electron chi connectivity index (χ2n) is 7.85. The molecule has 1 amide bonds. The highest BCUT2D eigenvalue weighted by Crippen LogP contribution is 2.36. The van der Waals surface area contributed by atoms with Crippen LogP contribution >= 0.6 is 0 Å². The van der Waals surface area contributed by atoms with E-state index in [4.69, 9.17) is 9.31 Å². The van der Waals surface area contributed by atoms with Crippen LogP contribution in [0.3, 0.4) is 0 Å². The van der Waals surface area contributed by atoms with E-state index in [1.54, 1.807) is 12.3 Å². The maximum atomic E-state index is 11.6. The van der Waals surface area contributed by atoms with Crippen molar-refractivity contribution < 1.29 is 19.2 Å². The summed E-state index contributed by atoms with van der Waals surface area (Å²) in [4.78, 5) is 17.1. The number of anilines is 1. The van der Waals surface area contributed by atoms with Gasteiger partial charge in [-0.2, -0.15) is 0 Å². The number of hydrogen-bond donors (Lipinski definition) is 1. The zero-order valence-electron chi connectivity index (χ0n) is 14.9. The van der Waals surface area contributed by atoms with Gasteiger partial charge >= 0.3 is 13.2 Å². The van der Waals surface area contributed by atoms with Crippen LogP contribution in [0.5, 0.6) is 0 Å². The van der Waals surface area contributed by atoms with Gasteiger partial charge in [-0.15, -0.1) is 0 Å². The van der Waals surface area contributed by atoms with Gasteiger partial charge in [-0.05, 0) is 54.5 Å². The van der Waals surface area contributed by atoms with Gasteiger partial charge in [0.15, 0.2) is 0 Å². The minimum absolute atomic E-state index is 0.454. The second-order valence-corrected chi connectivity index (χ2v) is 7.85. The largest absolute Gasteiger partial charge is 0.496 e. The molecular weight excluding hydrogens is 295 g/mol. The summed E-state index contributed by atoms with van der Waals surface area (Å²) in [6.07, 6.45) is 2.16. The predicted octanol–water partition coefficient (Wildman–Crippen LogP) is 2.66. The van der Waals surface area contributed by atoms with Crippen LogP contribution in [0, 0.1) is 0 Å². The molecule has 0 unspecified atom stereocenters. The van der Waals surface area contributed by atoms with Crippen molar-refractivity contribution in [1.29, 1.82) is 0 Å². The Balaban J connectivity index is 2.37. The van der Waals surface area contributed by atoms with Gasteiger partial charge < -0.3 is 14.4 Å². The van der Waals surface area contributed by atoms with Crippen LogP contribution < -0.4 is 10.4 Å². The maximum Gasteiger partial charge on any atom is 0.496 e. The fourth-order valence-electron chi connectivity index (χ4n) is 2.46. The summed E-state index contributed by atoms with van der Waals surface area (Å²) in [5, 5.41) is 9.52. The first-order chi connectivity index (χ1) is 10.3. The van der Waals surface area contributed by atoms with E-state index in [1.807, 2.05) is 48.5 Å². The Morgan fingerprint density at radius 2 is 1.70 bits per heavy atom. The highest BCUT2D eigenvalue weighted by molar-refractivity contribution is 6.62. The number of nitrogens with zero attached hydrogens (tertiary/aromatic N) is 2. The summed E-state index contributed by atoms with van der Waals surface area (Å²) in [5.74, 6) is 0. The van der Waals surface area contributed by atoms with Crippen molar-refractivity contribution in [2.75, 3.05) is 4.90 Å². The first-order valence-corrected chi connectivity index (χ1v) is 7.69. The molecular formula is C16H25BN2O4. The van der Waals surface area contributed by atoms with Crippen LogP contribution in [0.2, 0.25) is 0 Å². The third-order valence-corrected chi connectivity index (χ3v) is 4.39. The number of carboxylic acid groups (broad SMARTS) is 1. The highest BCUT2D eigenvalue weighted by atomic mass is 16.7.